The number of benzene rings is 1. The van der Waals surface area contributed by atoms with Crippen molar-refractivity contribution >= 4 is 17.5 Å². The van der Waals surface area contributed by atoms with Gasteiger partial charge in [-0.3, -0.25) is 9.59 Å². The van der Waals surface area contributed by atoms with E-state index in [0.717, 1.165) is 43.6 Å². The molecule has 2 unspecified atom stereocenters. The predicted molar refractivity (Wildman–Crippen MR) is 109 cm³/mol. The number of amides is 2. The molecule has 1 heterocycles. The topological polar surface area (TPSA) is 75.4 Å². The van der Waals surface area contributed by atoms with E-state index < -0.39 is 0 Å². The van der Waals surface area contributed by atoms with E-state index in [1.54, 1.807) is 0 Å². The Morgan fingerprint density at radius 1 is 1.19 bits per heavy atom. The molecule has 4 atom stereocenters. The molecular weight excluding hydrogens is 338 g/mol. The molecule has 0 spiro atoms. The number of piperidine rings is 1. The molecule has 0 bridgehead atoms. The van der Waals surface area contributed by atoms with Crippen molar-refractivity contribution in [3.8, 4) is 0 Å². The van der Waals surface area contributed by atoms with Crippen LogP contribution in [0.4, 0.5) is 5.69 Å². The van der Waals surface area contributed by atoms with Crippen molar-refractivity contribution in [1.82, 2.24) is 4.90 Å². The minimum atomic E-state index is -0.00901. The van der Waals surface area contributed by atoms with Crippen LogP contribution in [0.25, 0.3) is 0 Å². The van der Waals surface area contributed by atoms with Crippen LogP contribution in [0.5, 0.6) is 0 Å². The zero-order valence-electron chi connectivity index (χ0n) is 16.8. The molecule has 3 rings (SSSR count). The van der Waals surface area contributed by atoms with Crippen molar-refractivity contribution < 1.29 is 9.59 Å². The number of likely N-dealkylation sites (tertiary alicyclic amines) is 1. The van der Waals surface area contributed by atoms with Crippen LogP contribution in [0.1, 0.15) is 61.9 Å². The zero-order valence-corrected chi connectivity index (χ0v) is 16.8. The van der Waals surface area contributed by atoms with Gasteiger partial charge in [-0.2, -0.15) is 0 Å². The van der Waals surface area contributed by atoms with Gasteiger partial charge < -0.3 is 16.0 Å². The lowest BCUT2D eigenvalue weighted by molar-refractivity contribution is -0.117. The highest BCUT2D eigenvalue weighted by molar-refractivity contribution is 5.98. The van der Waals surface area contributed by atoms with Gasteiger partial charge in [0.1, 0.15) is 0 Å². The van der Waals surface area contributed by atoms with E-state index in [2.05, 4.69) is 19.2 Å². The van der Waals surface area contributed by atoms with Crippen molar-refractivity contribution in [1.29, 1.82) is 0 Å². The first-order valence-corrected chi connectivity index (χ1v) is 10.3. The monoisotopic (exact) mass is 371 g/mol. The summed E-state index contributed by atoms with van der Waals surface area (Å²) >= 11 is 0. The summed E-state index contributed by atoms with van der Waals surface area (Å²) in [6.45, 7) is 7.96. The van der Waals surface area contributed by atoms with Gasteiger partial charge in [0.15, 0.2) is 0 Å². The zero-order chi connectivity index (χ0) is 19.6. The number of hydrogen-bond donors (Lipinski definition) is 2. The molecule has 1 aromatic carbocycles. The highest BCUT2D eigenvalue weighted by atomic mass is 16.2. The summed E-state index contributed by atoms with van der Waals surface area (Å²) in [6.07, 6.45) is 4.77. The van der Waals surface area contributed by atoms with Crippen LogP contribution in [0, 0.1) is 24.7 Å². The maximum absolute atomic E-state index is 13.0. The van der Waals surface area contributed by atoms with Crippen molar-refractivity contribution in [3.05, 3.63) is 29.3 Å². The maximum atomic E-state index is 13.0. The average Bonchev–Trinajstić information content (AvgIpc) is 3.00. The lowest BCUT2D eigenvalue weighted by Gasteiger charge is -2.35. The second kappa shape index (κ2) is 8.42. The number of nitrogens with zero attached hydrogens (tertiary/aromatic N) is 1. The largest absolute Gasteiger partial charge is 0.338 e. The summed E-state index contributed by atoms with van der Waals surface area (Å²) in [5.74, 6) is 1.37. The summed E-state index contributed by atoms with van der Waals surface area (Å²) in [5.41, 5.74) is 8.44. The lowest BCUT2D eigenvalue weighted by atomic mass is 9.91. The fraction of sp³-hybridized carbons (Fsp3) is 0.636. The first-order valence-electron chi connectivity index (χ1n) is 10.3. The summed E-state index contributed by atoms with van der Waals surface area (Å²) in [5, 5.41) is 3.01. The Hall–Kier alpha value is -1.88. The van der Waals surface area contributed by atoms with Gasteiger partial charge in [-0.1, -0.05) is 26.3 Å². The van der Waals surface area contributed by atoms with Crippen molar-refractivity contribution in [2.24, 2.45) is 23.5 Å². The van der Waals surface area contributed by atoms with Crippen LogP contribution in [-0.4, -0.2) is 35.8 Å². The maximum Gasteiger partial charge on any atom is 0.253 e. The third kappa shape index (κ3) is 4.89. The number of carbonyl (C=O) groups is 2. The standard InChI is InChI=1S/C22H33N3O2/c1-14-9-15(2)13-25(12-14)22(27)18-8-7-16(3)20(10-18)24-21(26)11-17-5-4-6-19(17)23/h7-8,10,14-15,17,19H,4-6,9,11-13,23H2,1-3H3,(H,24,26)/t14?,15?,17-,19+/m0/s1. The molecule has 0 aromatic heterocycles. The van der Waals surface area contributed by atoms with E-state index in [-0.39, 0.29) is 23.8 Å². The first-order chi connectivity index (χ1) is 12.8. The number of nitrogens with two attached hydrogens (primary N) is 1. The Kier molecular flexibility index (Phi) is 6.20. The van der Waals surface area contributed by atoms with Gasteiger partial charge in [0.25, 0.3) is 5.91 Å². The molecule has 27 heavy (non-hydrogen) atoms. The molecule has 1 aromatic rings. The number of anilines is 1. The average molecular weight is 372 g/mol. The number of nitrogens with one attached hydrogen (secondary N) is 1. The summed E-state index contributed by atoms with van der Waals surface area (Å²) in [6, 6.07) is 5.74. The summed E-state index contributed by atoms with van der Waals surface area (Å²) in [4.78, 5) is 27.4. The van der Waals surface area contributed by atoms with Crippen molar-refractivity contribution in [2.75, 3.05) is 18.4 Å². The van der Waals surface area contributed by atoms with E-state index in [1.807, 2.05) is 30.0 Å². The van der Waals surface area contributed by atoms with Crippen LogP contribution < -0.4 is 11.1 Å². The highest BCUT2D eigenvalue weighted by Gasteiger charge is 2.28. The number of aryl methyl sites for hydroxylation is 1. The molecule has 1 aliphatic heterocycles. The fourth-order valence-corrected chi connectivity index (χ4v) is 4.66. The second-order valence-corrected chi connectivity index (χ2v) is 8.79. The quantitative estimate of drug-likeness (QED) is 0.849. The number of rotatable bonds is 4. The van der Waals surface area contributed by atoms with Gasteiger partial charge in [0, 0.05) is 36.8 Å². The van der Waals surface area contributed by atoms with E-state index in [1.165, 1.54) is 6.42 Å². The number of hydrogen-bond acceptors (Lipinski definition) is 3. The van der Waals surface area contributed by atoms with Gasteiger partial charge in [0.2, 0.25) is 5.91 Å². The normalized spacial score (nSPS) is 28.2. The molecule has 148 valence electrons. The van der Waals surface area contributed by atoms with Crippen LogP contribution in [-0.2, 0) is 4.79 Å². The molecule has 3 N–H and O–H groups in total. The second-order valence-electron chi connectivity index (χ2n) is 8.79. The van der Waals surface area contributed by atoms with E-state index in [0.29, 0.717) is 23.8 Å². The highest BCUT2D eigenvalue weighted by Crippen LogP contribution is 2.28. The Morgan fingerprint density at radius 3 is 2.52 bits per heavy atom. The SMILES string of the molecule is Cc1ccc(C(=O)N2CC(C)CC(C)C2)cc1NC(=O)C[C@@H]1CCC[C@H]1N. The number of carbonyl (C=O) groups excluding carboxylic acids is 2. The van der Waals surface area contributed by atoms with Gasteiger partial charge >= 0.3 is 0 Å². The van der Waals surface area contributed by atoms with Crippen LogP contribution in [0.15, 0.2) is 18.2 Å². The predicted octanol–water partition coefficient (Wildman–Crippen LogP) is 3.57. The molecule has 1 aliphatic carbocycles. The third-order valence-corrected chi connectivity index (χ3v) is 6.08. The van der Waals surface area contributed by atoms with E-state index >= 15 is 0 Å². The van der Waals surface area contributed by atoms with Crippen molar-refractivity contribution in [2.45, 2.75) is 58.9 Å². The van der Waals surface area contributed by atoms with Crippen molar-refractivity contribution in [3.63, 3.8) is 0 Å². The van der Waals surface area contributed by atoms with Gasteiger partial charge in [-0.25, -0.2) is 0 Å². The van der Waals surface area contributed by atoms with Crippen LogP contribution in [0.2, 0.25) is 0 Å². The minimum absolute atomic E-state index is 0.00901. The molecule has 1 saturated heterocycles. The summed E-state index contributed by atoms with van der Waals surface area (Å²) in [7, 11) is 0. The molecule has 2 fully saturated rings. The smallest absolute Gasteiger partial charge is 0.253 e. The van der Waals surface area contributed by atoms with Gasteiger partial charge in [-0.15, -0.1) is 0 Å². The molecule has 0 radical (unpaired) electrons. The Bertz CT molecular complexity index is 693. The summed E-state index contributed by atoms with van der Waals surface area (Å²) < 4.78 is 0. The molecule has 2 amide bonds. The van der Waals surface area contributed by atoms with E-state index in [4.69, 9.17) is 5.73 Å². The van der Waals surface area contributed by atoms with Gasteiger partial charge in [-0.05, 0) is 61.6 Å². The van der Waals surface area contributed by atoms with Crippen LogP contribution in [0.3, 0.4) is 0 Å². The third-order valence-electron chi connectivity index (χ3n) is 6.08. The Labute approximate surface area is 162 Å². The van der Waals surface area contributed by atoms with E-state index in [9.17, 15) is 9.59 Å². The lowest BCUT2D eigenvalue weighted by Crippen LogP contribution is -2.42. The first kappa shape index (κ1) is 19.9. The molecule has 5 nitrogen and oxygen atoms in total. The molecule has 2 aliphatic rings. The fourth-order valence-electron chi connectivity index (χ4n) is 4.66. The molecular formula is C22H33N3O2. The Morgan fingerprint density at radius 2 is 1.89 bits per heavy atom. The molecule has 5 heteroatoms. The Balaban J connectivity index is 1.68. The molecule has 1 saturated carbocycles. The van der Waals surface area contributed by atoms with Crippen LogP contribution >= 0.6 is 0 Å². The minimum Gasteiger partial charge on any atom is -0.338 e. The van der Waals surface area contributed by atoms with Gasteiger partial charge in [0.05, 0.1) is 0 Å².